The zero-order valence-electron chi connectivity index (χ0n) is 18.1. The lowest BCUT2D eigenvalue weighted by molar-refractivity contribution is -0.115. The summed E-state index contributed by atoms with van der Waals surface area (Å²) in [4.78, 5) is 25.4. The number of nitrogens with zero attached hydrogens (tertiary/aromatic N) is 5. The van der Waals surface area contributed by atoms with Crippen LogP contribution in [0.5, 0.6) is 0 Å². The minimum absolute atomic E-state index is 0.138. The van der Waals surface area contributed by atoms with Gasteiger partial charge < -0.3 is 14.9 Å². The third-order valence-corrected chi connectivity index (χ3v) is 6.49. The maximum atomic E-state index is 12.9. The summed E-state index contributed by atoms with van der Waals surface area (Å²) in [7, 11) is 0. The van der Waals surface area contributed by atoms with Crippen LogP contribution in [0.4, 0.5) is 5.69 Å². The summed E-state index contributed by atoms with van der Waals surface area (Å²) < 4.78 is 2.23. The fourth-order valence-electron chi connectivity index (χ4n) is 4.87. The Morgan fingerprint density at radius 1 is 1.15 bits per heavy atom. The van der Waals surface area contributed by atoms with E-state index in [4.69, 9.17) is 15.5 Å². The molecule has 0 unspecified atom stereocenters. The third kappa shape index (κ3) is 4.04. The van der Waals surface area contributed by atoms with Crippen molar-refractivity contribution in [2.45, 2.75) is 44.6 Å². The molecule has 1 aliphatic rings. The Bertz CT molecular complexity index is 1390. The second-order valence-corrected chi connectivity index (χ2v) is 8.58. The third-order valence-electron chi connectivity index (χ3n) is 6.49. The van der Waals surface area contributed by atoms with Crippen molar-refractivity contribution in [1.82, 2.24) is 19.5 Å². The first kappa shape index (κ1) is 20.7. The van der Waals surface area contributed by atoms with Gasteiger partial charge >= 0.3 is 0 Å². The van der Waals surface area contributed by atoms with Gasteiger partial charge in [0.05, 0.1) is 35.8 Å². The fourth-order valence-corrected chi connectivity index (χ4v) is 4.87. The number of H-pyrrole nitrogens is 1. The first-order chi connectivity index (χ1) is 16.2. The van der Waals surface area contributed by atoms with Crippen LogP contribution in [-0.4, -0.2) is 25.4 Å². The number of carbonyl (C=O) groups is 1. The van der Waals surface area contributed by atoms with Crippen molar-refractivity contribution in [2.75, 3.05) is 5.32 Å². The van der Waals surface area contributed by atoms with E-state index in [1.165, 1.54) is 0 Å². The Hall–Kier alpha value is -4.17. The molecule has 8 heteroatoms. The van der Waals surface area contributed by atoms with Gasteiger partial charge in [-0.15, -0.1) is 0 Å². The number of hydrogen-bond donors (Lipinski definition) is 2. The first-order valence-corrected chi connectivity index (χ1v) is 11.2. The van der Waals surface area contributed by atoms with E-state index in [9.17, 15) is 4.79 Å². The molecule has 1 aromatic carbocycles. The van der Waals surface area contributed by atoms with Crippen LogP contribution in [0.2, 0.25) is 0 Å². The van der Waals surface area contributed by atoms with Gasteiger partial charge in [0.2, 0.25) is 5.91 Å². The highest BCUT2D eigenvalue weighted by Gasteiger charge is 2.27. The van der Waals surface area contributed by atoms with Crippen molar-refractivity contribution in [2.24, 2.45) is 5.92 Å². The minimum Gasteiger partial charge on any atom is -0.346 e. The van der Waals surface area contributed by atoms with Gasteiger partial charge in [-0.3, -0.25) is 4.79 Å². The van der Waals surface area contributed by atoms with E-state index >= 15 is 0 Å². The second-order valence-electron chi connectivity index (χ2n) is 8.58. The summed E-state index contributed by atoms with van der Waals surface area (Å²) in [6.45, 7) is 0. The second kappa shape index (κ2) is 8.76. The van der Waals surface area contributed by atoms with Gasteiger partial charge in [0, 0.05) is 29.7 Å². The smallest absolute Gasteiger partial charge is 0.231 e. The number of anilines is 1. The van der Waals surface area contributed by atoms with E-state index < -0.39 is 0 Å². The summed E-state index contributed by atoms with van der Waals surface area (Å²) in [6, 6.07) is 13.4. The molecule has 5 rings (SSSR count). The zero-order valence-corrected chi connectivity index (χ0v) is 18.1. The molecular formula is C25H23N7O. The van der Waals surface area contributed by atoms with E-state index in [1.807, 2.05) is 12.3 Å². The van der Waals surface area contributed by atoms with Gasteiger partial charge in [0.25, 0.3) is 0 Å². The van der Waals surface area contributed by atoms with E-state index in [0.29, 0.717) is 23.6 Å². The topological polar surface area (TPSA) is 123 Å². The van der Waals surface area contributed by atoms with Crippen LogP contribution in [0, 0.1) is 28.6 Å². The lowest BCUT2D eigenvalue weighted by Crippen LogP contribution is -2.23. The molecule has 3 heterocycles. The minimum atomic E-state index is -0.160. The van der Waals surface area contributed by atoms with Crippen molar-refractivity contribution in [3.63, 3.8) is 0 Å². The Balaban J connectivity index is 1.47. The number of carbonyl (C=O) groups excluding carboxylic acids is 1. The van der Waals surface area contributed by atoms with Gasteiger partial charge in [-0.2, -0.15) is 10.5 Å². The van der Waals surface area contributed by atoms with Crippen molar-refractivity contribution < 1.29 is 4.79 Å². The number of hydrogen-bond acceptors (Lipinski definition) is 5. The number of fused-ring (bicyclic) bond motifs is 3. The number of benzene rings is 1. The number of amides is 1. The van der Waals surface area contributed by atoms with E-state index in [1.54, 1.807) is 30.5 Å². The van der Waals surface area contributed by atoms with E-state index in [0.717, 1.165) is 53.6 Å². The van der Waals surface area contributed by atoms with Gasteiger partial charge in [0.1, 0.15) is 17.0 Å². The van der Waals surface area contributed by atoms with Crippen LogP contribution in [0.25, 0.3) is 22.1 Å². The number of nitriles is 2. The number of nitrogens with one attached hydrogen (secondary N) is 2. The van der Waals surface area contributed by atoms with Gasteiger partial charge in [-0.05, 0) is 61.9 Å². The number of imidazole rings is 1. The summed E-state index contributed by atoms with van der Waals surface area (Å²) in [5.74, 6) is 1.00. The lowest BCUT2D eigenvalue weighted by Gasteiger charge is -2.30. The van der Waals surface area contributed by atoms with Crippen molar-refractivity contribution in [3.05, 3.63) is 54.1 Å². The van der Waals surface area contributed by atoms with E-state index in [-0.39, 0.29) is 18.4 Å². The number of pyridine rings is 1. The standard InChI is InChI=1S/C25H23N7O/c26-11-9-16-3-7-19(8-4-16)32-22(13-23(33)30-18-5-1-17(14-27)2-6-18)31-21-15-29-25-20(24(21)32)10-12-28-25/h1-2,5-6,10,12,15-16,19H,3-4,7-9,13H2,(H,28,29)(H,30,33)/t16-,19-. The molecule has 0 radical (unpaired) electrons. The SMILES string of the molecule is N#CC[C@H]1CC[C@H](n2c(CC(=O)Nc3ccc(C#N)cc3)nc3cnc4[nH]ccc4c32)CC1. The molecule has 0 atom stereocenters. The highest BCUT2D eigenvalue weighted by Crippen LogP contribution is 2.38. The fraction of sp³-hybridized carbons (Fsp3) is 0.320. The molecule has 164 valence electrons. The quantitative estimate of drug-likeness (QED) is 0.472. The predicted molar refractivity (Wildman–Crippen MR) is 124 cm³/mol. The molecule has 0 bridgehead atoms. The monoisotopic (exact) mass is 437 g/mol. The number of aromatic amines is 1. The van der Waals surface area contributed by atoms with Crippen molar-refractivity contribution in [3.8, 4) is 12.1 Å². The number of aromatic nitrogens is 4. The molecule has 4 aromatic rings. The molecule has 3 aromatic heterocycles. The van der Waals surface area contributed by atoms with Crippen LogP contribution in [0.15, 0.2) is 42.7 Å². The molecule has 1 saturated carbocycles. The largest absolute Gasteiger partial charge is 0.346 e. The van der Waals surface area contributed by atoms with Gasteiger partial charge in [0.15, 0.2) is 0 Å². The van der Waals surface area contributed by atoms with Crippen LogP contribution in [0.1, 0.15) is 49.5 Å². The van der Waals surface area contributed by atoms with Crippen molar-refractivity contribution in [1.29, 1.82) is 10.5 Å². The average Bonchev–Trinajstić information content (AvgIpc) is 3.44. The van der Waals surface area contributed by atoms with Crippen LogP contribution < -0.4 is 5.32 Å². The van der Waals surface area contributed by atoms with Crippen LogP contribution >= 0.6 is 0 Å². The molecule has 33 heavy (non-hydrogen) atoms. The Kier molecular flexibility index (Phi) is 5.50. The Morgan fingerprint density at radius 2 is 1.94 bits per heavy atom. The molecule has 0 saturated heterocycles. The molecule has 2 N–H and O–H groups in total. The molecule has 1 aliphatic carbocycles. The molecule has 0 spiro atoms. The highest BCUT2D eigenvalue weighted by molar-refractivity contribution is 6.02. The molecule has 0 aliphatic heterocycles. The normalized spacial score (nSPS) is 18.1. The molecular weight excluding hydrogens is 414 g/mol. The Morgan fingerprint density at radius 3 is 2.67 bits per heavy atom. The van der Waals surface area contributed by atoms with Crippen LogP contribution in [-0.2, 0) is 11.2 Å². The number of rotatable bonds is 5. The maximum absolute atomic E-state index is 12.9. The molecule has 1 amide bonds. The highest BCUT2D eigenvalue weighted by atomic mass is 16.1. The molecule has 1 fully saturated rings. The average molecular weight is 438 g/mol. The summed E-state index contributed by atoms with van der Waals surface area (Å²) in [5.41, 5.74) is 3.78. The Labute approximate surface area is 190 Å². The predicted octanol–water partition coefficient (Wildman–Crippen LogP) is 4.61. The van der Waals surface area contributed by atoms with Gasteiger partial charge in [-0.1, -0.05) is 0 Å². The molecule has 8 nitrogen and oxygen atoms in total. The van der Waals surface area contributed by atoms with Crippen LogP contribution in [0.3, 0.4) is 0 Å². The lowest BCUT2D eigenvalue weighted by atomic mass is 9.84. The summed E-state index contributed by atoms with van der Waals surface area (Å²) in [5, 5.41) is 21.9. The van der Waals surface area contributed by atoms with Crippen molar-refractivity contribution >= 4 is 33.7 Å². The zero-order chi connectivity index (χ0) is 22.8. The maximum Gasteiger partial charge on any atom is 0.231 e. The first-order valence-electron chi connectivity index (χ1n) is 11.2. The van der Waals surface area contributed by atoms with E-state index in [2.05, 4.69) is 32.0 Å². The van der Waals surface area contributed by atoms with Gasteiger partial charge in [-0.25, -0.2) is 9.97 Å². The summed E-state index contributed by atoms with van der Waals surface area (Å²) in [6.07, 6.45) is 8.27. The summed E-state index contributed by atoms with van der Waals surface area (Å²) >= 11 is 0.